The lowest BCUT2D eigenvalue weighted by molar-refractivity contribution is -0.123. The van der Waals surface area contributed by atoms with E-state index >= 15 is 0 Å². The Bertz CT molecular complexity index is 882. The number of carbonyl (C=O) groups is 1. The molecular weight excluding hydrogens is 370 g/mol. The van der Waals surface area contributed by atoms with Crippen LogP contribution >= 0.6 is 15.9 Å². The number of halogens is 1. The number of hydrogen-bond donors (Lipinski definition) is 1. The van der Waals surface area contributed by atoms with Gasteiger partial charge in [-0.05, 0) is 50.5 Å². The lowest BCUT2D eigenvalue weighted by atomic mass is 10.1. The lowest BCUT2D eigenvalue weighted by Gasteiger charge is -2.09. The predicted molar refractivity (Wildman–Crippen MR) is 97.1 cm³/mol. The van der Waals surface area contributed by atoms with Crippen LogP contribution in [0.4, 0.5) is 0 Å². The average Bonchev–Trinajstić information content (AvgIpc) is 2.62. The monoisotopic (exact) mass is 383 g/mol. The number of benzene rings is 2. The van der Waals surface area contributed by atoms with Gasteiger partial charge in [-0.15, -0.1) is 0 Å². The van der Waals surface area contributed by atoms with Gasteiger partial charge in [-0.25, -0.2) is 5.43 Å². The molecule has 2 aromatic carbocycles. The standard InChI is InChI=1S/C18H14BrN3O2/c19-18-15-4-2-1-3-14(15)5-6-16(18)24-12-17(23)22-21-11-13-7-9-20-10-8-13/h1-11H,12H2,(H,22,23). The molecule has 120 valence electrons. The summed E-state index contributed by atoms with van der Waals surface area (Å²) in [6, 6.07) is 15.3. The van der Waals surface area contributed by atoms with E-state index in [9.17, 15) is 4.79 Å². The SMILES string of the molecule is O=C(COc1ccc2ccccc2c1Br)NN=Cc1ccncc1. The summed E-state index contributed by atoms with van der Waals surface area (Å²) in [7, 11) is 0. The van der Waals surface area contributed by atoms with E-state index in [1.54, 1.807) is 30.7 Å². The van der Waals surface area contributed by atoms with Crippen LogP contribution in [0.5, 0.6) is 5.75 Å². The third-order valence-electron chi connectivity index (χ3n) is 3.30. The van der Waals surface area contributed by atoms with Gasteiger partial charge in [-0.2, -0.15) is 5.10 Å². The van der Waals surface area contributed by atoms with Gasteiger partial charge in [0.2, 0.25) is 0 Å². The number of amides is 1. The number of hydrogen-bond acceptors (Lipinski definition) is 4. The number of fused-ring (bicyclic) bond motifs is 1. The average molecular weight is 384 g/mol. The fourth-order valence-corrected chi connectivity index (χ4v) is 2.74. The van der Waals surface area contributed by atoms with Gasteiger partial charge in [0.05, 0.1) is 10.7 Å². The first-order valence-electron chi connectivity index (χ1n) is 7.26. The van der Waals surface area contributed by atoms with Crippen LogP contribution in [0.15, 0.2) is 70.5 Å². The zero-order chi connectivity index (χ0) is 16.8. The molecule has 1 heterocycles. The molecule has 1 N–H and O–H groups in total. The highest BCUT2D eigenvalue weighted by Crippen LogP contribution is 2.32. The summed E-state index contributed by atoms with van der Waals surface area (Å²) in [6.45, 7) is -0.120. The fraction of sp³-hybridized carbons (Fsp3) is 0.0556. The lowest BCUT2D eigenvalue weighted by Crippen LogP contribution is -2.24. The number of ether oxygens (including phenoxy) is 1. The smallest absolute Gasteiger partial charge is 0.277 e. The number of pyridine rings is 1. The molecule has 1 amide bonds. The molecule has 1 aromatic heterocycles. The van der Waals surface area contributed by atoms with Crippen molar-refractivity contribution < 1.29 is 9.53 Å². The summed E-state index contributed by atoms with van der Waals surface area (Å²) in [5.41, 5.74) is 3.28. The zero-order valence-electron chi connectivity index (χ0n) is 12.6. The molecule has 24 heavy (non-hydrogen) atoms. The van der Waals surface area contributed by atoms with Crippen molar-refractivity contribution >= 4 is 38.8 Å². The van der Waals surface area contributed by atoms with E-state index in [-0.39, 0.29) is 12.5 Å². The van der Waals surface area contributed by atoms with Crippen LogP contribution in [-0.2, 0) is 4.79 Å². The van der Waals surface area contributed by atoms with Crippen molar-refractivity contribution in [1.82, 2.24) is 10.4 Å². The Kier molecular flexibility index (Phi) is 5.18. The summed E-state index contributed by atoms with van der Waals surface area (Å²) in [4.78, 5) is 15.7. The normalized spacial score (nSPS) is 10.9. The van der Waals surface area contributed by atoms with Gasteiger partial charge in [0, 0.05) is 12.4 Å². The first kappa shape index (κ1) is 16.1. The molecule has 5 nitrogen and oxygen atoms in total. The Morgan fingerprint density at radius 3 is 2.79 bits per heavy atom. The topological polar surface area (TPSA) is 63.6 Å². The minimum Gasteiger partial charge on any atom is -0.483 e. The Morgan fingerprint density at radius 1 is 1.17 bits per heavy atom. The molecule has 0 saturated heterocycles. The van der Waals surface area contributed by atoms with E-state index in [4.69, 9.17) is 4.74 Å². The quantitative estimate of drug-likeness (QED) is 0.541. The molecule has 0 unspecified atom stereocenters. The van der Waals surface area contributed by atoms with Crippen molar-refractivity contribution in [2.75, 3.05) is 6.61 Å². The van der Waals surface area contributed by atoms with Crippen molar-refractivity contribution in [2.45, 2.75) is 0 Å². The maximum absolute atomic E-state index is 11.8. The highest BCUT2D eigenvalue weighted by Gasteiger charge is 2.08. The molecule has 0 atom stereocenters. The van der Waals surface area contributed by atoms with E-state index in [1.807, 2.05) is 36.4 Å². The number of aromatic nitrogens is 1. The number of nitrogens with zero attached hydrogens (tertiary/aromatic N) is 2. The molecule has 0 bridgehead atoms. The van der Waals surface area contributed by atoms with Gasteiger partial charge in [0.15, 0.2) is 6.61 Å². The highest BCUT2D eigenvalue weighted by atomic mass is 79.9. The number of rotatable bonds is 5. The summed E-state index contributed by atoms with van der Waals surface area (Å²) in [5, 5.41) is 6.02. The second kappa shape index (κ2) is 7.70. The molecule has 3 aromatic rings. The van der Waals surface area contributed by atoms with Crippen molar-refractivity contribution in [3.05, 3.63) is 71.0 Å². The first-order chi connectivity index (χ1) is 11.7. The van der Waals surface area contributed by atoms with Gasteiger partial charge in [0.1, 0.15) is 5.75 Å². The third kappa shape index (κ3) is 3.97. The second-order valence-electron chi connectivity index (χ2n) is 4.96. The first-order valence-corrected chi connectivity index (χ1v) is 8.05. The maximum atomic E-state index is 11.8. The van der Waals surface area contributed by atoms with Gasteiger partial charge in [-0.3, -0.25) is 9.78 Å². The van der Waals surface area contributed by atoms with Crippen molar-refractivity contribution in [3.8, 4) is 5.75 Å². The Hall–Kier alpha value is -2.73. The summed E-state index contributed by atoms with van der Waals surface area (Å²) in [6.07, 6.45) is 4.86. The number of nitrogens with one attached hydrogen (secondary N) is 1. The van der Waals surface area contributed by atoms with Crippen molar-refractivity contribution in [1.29, 1.82) is 0 Å². The molecule has 0 aliphatic rings. The van der Waals surface area contributed by atoms with Crippen molar-refractivity contribution in [2.24, 2.45) is 5.10 Å². The molecule has 0 fully saturated rings. The second-order valence-corrected chi connectivity index (χ2v) is 5.75. The van der Waals surface area contributed by atoms with Gasteiger partial charge < -0.3 is 4.74 Å². The highest BCUT2D eigenvalue weighted by molar-refractivity contribution is 9.10. The summed E-state index contributed by atoms with van der Waals surface area (Å²) in [5.74, 6) is 0.280. The Balaban J connectivity index is 1.58. The predicted octanol–water partition coefficient (Wildman–Crippen LogP) is 3.53. The van der Waals surface area contributed by atoms with E-state index in [0.29, 0.717) is 5.75 Å². The molecule has 0 saturated carbocycles. The summed E-state index contributed by atoms with van der Waals surface area (Å²) >= 11 is 3.52. The van der Waals surface area contributed by atoms with Gasteiger partial charge in [-0.1, -0.05) is 30.3 Å². The van der Waals surface area contributed by atoms with E-state index in [0.717, 1.165) is 20.8 Å². The molecule has 0 aliphatic heterocycles. The van der Waals surface area contributed by atoms with Crippen LogP contribution in [0.1, 0.15) is 5.56 Å². The molecule has 6 heteroatoms. The molecule has 3 rings (SSSR count). The minimum atomic E-state index is -0.333. The zero-order valence-corrected chi connectivity index (χ0v) is 14.2. The van der Waals surface area contributed by atoms with Crippen LogP contribution in [0.2, 0.25) is 0 Å². The van der Waals surface area contributed by atoms with E-state index in [2.05, 4.69) is 31.4 Å². The van der Waals surface area contributed by atoms with Gasteiger partial charge >= 0.3 is 0 Å². The van der Waals surface area contributed by atoms with E-state index < -0.39 is 0 Å². The largest absolute Gasteiger partial charge is 0.483 e. The minimum absolute atomic E-state index is 0.120. The maximum Gasteiger partial charge on any atom is 0.277 e. The molecule has 0 spiro atoms. The van der Waals surface area contributed by atoms with Gasteiger partial charge in [0.25, 0.3) is 5.91 Å². The fourth-order valence-electron chi connectivity index (χ4n) is 2.13. The number of hydrazone groups is 1. The number of carbonyl (C=O) groups excluding carboxylic acids is 1. The van der Waals surface area contributed by atoms with Crippen LogP contribution in [-0.4, -0.2) is 23.7 Å². The summed E-state index contributed by atoms with van der Waals surface area (Å²) < 4.78 is 6.39. The van der Waals surface area contributed by atoms with Crippen LogP contribution in [0.3, 0.4) is 0 Å². The molecule has 0 aliphatic carbocycles. The molecule has 0 radical (unpaired) electrons. The van der Waals surface area contributed by atoms with E-state index in [1.165, 1.54) is 0 Å². The van der Waals surface area contributed by atoms with Crippen molar-refractivity contribution in [3.63, 3.8) is 0 Å². The Labute approximate surface area is 147 Å². The Morgan fingerprint density at radius 2 is 1.96 bits per heavy atom. The molecular formula is C18H14BrN3O2. The van der Waals surface area contributed by atoms with Crippen LogP contribution in [0.25, 0.3) is 10.8 Å². The third-order valence-corrected chi connectivity index (χ3v) is 4.11. The van der Waals surface area contributed by atoms with Crippen LogP contribution < -0.4 is 10.2 Å². The van der Waals surface area contributed by atoms with Crippen LogP contribution in [0, 0.1) is 0 Å².